The summed E-state index contributed by atoms with van der Waals surface area (Å²) in [6.45, 7) is 0.568. The third-order valence-electron chi connectivity index (χ3n) is 2.76. The molecule has 0 amide bonds. The number of hydrogen-bond acceptors (Lipinski definition) is 6. The highest BCUT2D eigenvalue weighted by atomic mass is 32.1. The number of carbonyl (C=O) groups is 1. The van der Waals surface area contributed by atoms with Crippen molar-refractivity contribution in [3.8, 4) is 6.07 Å². The van der Waals surface area contributed by atoms with Gasteiger partial charge in [-0.15, -0.1) is 11.3 Å². The van der Waals surface area contributed by atoms with E-state index in [-0.39, 0.29) is 5.57 Å². The lowest BCUT2D eigenvalue weighted by molar-refractivity contribution is -0.136. The van der Waals surface area contributed by atoms with Crippen molar-refractivity contribution in [2.75, 3.05) is 18.5 Å². The zero-order valence-electron chi connectivity index (χ0n) is 11.0. The second kappa shape index (κ2) is 6.45. The lowest BCUT2D eigenvalue weighted by atomic mass is 10.1. The molecule has 0 aromatic carbocycles. The van der Waals surface area contributed by atoms with Gasteiger partial charge in [-0.05, 0) is 18.2 Å². The van der Waals surface area contributed by atoms with Gasteiger partial charge in [-0.2, -0.15) is 5.26 Å². The van der Waals surface area contributed by atoms with E-state index in [1.165, 1.54) is 17.4 Å². The van der Waals surface area contributed by atoms with Crippen LogP contribution >= 0.6 is 11.3 Å². The van der Waals surface area contributed by atoms with Gasteiger partial charge in [0.2, 0.25) is 0 Å². The van der Waals surface area contributed by atoms with E-state index in [1.54, 1.807) is 12.1 Å². The molecule has 1 aromatic heterocycles. The number of carbonyl (C=O) groups excluding carboxylic acids is 1. The molecule has 5 nitrogen and oxygen atoms in total. The number of anilines is 1. The molecule has 0 N–H and O–H groups in total. The topological polar surface area (TPSA) is 65.7 Å². The first-order chi connectivity index (χ1) is 10.0. The minimum Gasteiger partial charge on any atom is -0.365 e. The normalized spacial score (nSPS) is 16.0. The molecule has 21 heavy (non-hydrogen) atoms. The summed E-state index contributed by atoms with van der Waals surface area (Å²) in [6, 6.07) is 5.56. The highest BCUT2D eigenvalue weighted by Gasteiger charge is 2.32. The largest absolute Gasteiger partial charge is 0.367 e. The fraction of sp³-hybridized carbons (Fsp3) is 0.308. The number of nitrogens with zero attached hydrogens (tertiary/aromatic N) is 3. The van der Waals surface area contributed by atoms with E-state index < -0.39 is 18.1 Å². The van der Waals surface area contributed by atoms with E-state index >= 15 is 0 Å². The Morgan fingerprint density at radius 1 is 1.57 bits per heavy atom. The smallest absolute Gasteiger partial charge is 0.365 e. The quantitative estimate of drug-likeness (QED) is 0.619. The van der Waals surface area contributed by atoms with Gasteiger partial charge in [-0.25, -0.2) is 13.6 Å². The molecule has 0 bridgehead atoms. The van der Waals surface area contributed by atoms with Gasteiger partial charge in [0, 0.05) is 18.5 Å². The van der Waals surface area contributed by atoms with Crippen LogP contribution in [0.5, 0.6) is 0 Å². The fourth-order valence-corrected chi connectivity index (χ4v) is 2.62. The minimum absolute atomic E-state index is 0.224. The van der Waals surface area contributed by atoms with Gasteiger partial charge in [0.05, 0.1) is 23.1 Å². The van der Waals surface area contributed by atoms with Crippen LogP contribution in [0.1, 0.15) is 11.3 Å². The maximum Gasteiger partial charge on any atom is 0.367 e. The summed E-state index contributed by atoms with van der Waals surface area (Å²) in [5.41, 5.74) is -0.870. The van der Waals surface area contributed by atoms with Crippen LogP contribution in [0.4, 0.5) is 13.8 Å². The van der Waals surface area contributed by atoms with Crippen LogP contribution < -0.4 is 4.90 Å². The number of alkyl halides is 2. The SMILES string of the molecule is CN(CCC#N)c1ccc(C=C2C(=O)ON=C2C(F)F)s1. The van der Waals surface area contributed by atoms with Gasteiger partial charge in [-0.3, -0.25) is 0 Å². The Kier molecular flexibility index (Phi) is 4.65. The molecule has 0 fully saturated rings. The molecule has 2 rings (SSSR count). The van der Waals surface area contributed by atoms with Crippen LogP contribution in [0.2, 0.25) is 0 Å². The Bertz CT molecular complexity index is 646. The van der Waals surface area contributed by atoms with E-state index in [0.717, 1.165) is 5.00 Å². The molecular formula is C13H11F2N3O2S. The van der Waals surface area contributed by atoms with Gasteiger partial charge >= 0.3 is 5.97 Å². The van der Waals surface area contributed by atoms with E-state index in [1.807, 2.05) is 18.0 Å². The van der Waals surface area contributed by atoms with Crippen LogP contribution in [-0.4, -0.2) is 31.7 Å². The molecule has 110 valence electrons. The van der Waals surface area contributed by atoms with Gasteiger partial charge in [0.25, 0.3) is 6.43 Å². The van der Waals surface area contributed by atoms with Crippen molar-refractivity contribution in [1.82, 2.24) is 0 Å². The molecule has 0 aliphatic carbocycles. The number of nitriles is 1. The lowest BCUT2D eigenvalue weighted by Gasteiger charge is -2.14. The first-order valence-corrected chi connectivity index (χ1v) is 6.82. The Morgan fingerprint density at radius 3 is 3.00 bits per heavy atom. The van der Waals surface area contributed by atoms with Crippen molar-refractivity contribution in [2.45, 2.75) is 12.8 Å². The summed E-state index contributed by atoms with van der Waals surface area (Å²) in [6.07, 6.45) is -1.13. The molecule has 2 heterocycles. The van der Waals surface area contributed by atoms with Gasteiger partial charge in [-0.1, -0.05) is 5.16 Å². The highest BCUT2D eigenvalue weighted by Crippen LogP contribution is 2.29. The summed E-state index contributed by atoms with van der Waals surface area (Å²) in [5.74, 6) is -0.877. The molecule has 1 aliphatic heterocycles. The zero-order chi connectivity index (χ0) is 15.4. The van der Waals surface area contributed by atoms with Crippen molar-refractivity contribution < 1.29 is 18.4 Å². The van der Waals surface area contributed by atoms with Gasteiger partial charge in [0.15, 0.2) is 5.71 Å². The van der Waals surface area contributed by atoms with Crippen LogP contribution in [0.15, 0.2) is 22.9 Å². The maximum atomic E-state index is 12.7. The molecule has 0 saturated heterocycles. The maximum absolute atomic E-state index is 12.7. The average molecular weight is 311 g/mol. The first-order valence-electron chi connectivity index (χ1n) is 6.00. The van der Waals surface area contributed by atoms with E-state index in [4.69, 9.17) is 5.26 Å². The molecule has 0 spiro atoms. The average Bonchev–Trinajstić information content (AvgIpc) is 3.05. The third kappa shape index (κ3) is 3.44. The van der Waals surface area contributed by atoms with Gasteiger partial charge in [0.1, 0.15) is 0 Å². The van der Waals surface area contributed by atoms with Crippen LogP contribution in [0.3, 0.4) is 0 Å². The summed E-state index contributed by atoms with van der Waals surface area (Å²) >= 11 is 1.33. The summed E-state index contributed by atoms with van der Waals surface area (Å²) in [5, 5.41) is 12.5. The fourth-order valence-electron chi connectivity index (χ4n) is 1.68. The number of halogens is 2. The summed E-state index contributed by atoms with van der Waals surface area (Å²) in [4.78, 5) is 18.2. The predicted molar refractivity (Wildman–Crippen MR) is 75.3 cm³/mol. The molecule has 1 aliphatic rings. The second-order valence-corrected chi connectivity index (χ2v) is 5.31. The number of thiophene rings is 1. The zero-order valence-corrected chi connectivity index (χ0v) is 11.9. The molecule has 0 radical (unpaired) electrons. The number of hydrogen-bond donors (Lipinski definition) is 0. The van der Waals surface area contributed by atoms with Crippen LogP contribution in [0, 0.1) is 11.3 Å². The Labute approximate surface area is 123 Å². The van der Waals surface area contributed by atoms with E-state index in [2.05, 4.69) is 9.99 Å². The van der Waals surface area contributed by atoms with Crippen molar-refractivity contribution in [3.05, 3.63) is 22.6 Å². The molecule has 0 saturated carbocycles. The second-order valence-electron chi connectivity index (χ2n) is 4.22. The summed E-state index contributed by atoms with van der Waals surface area (Å²) < 4.78 is 25.4. The lowest BCUT2D eigenvalue weighted by Crippen LogP contribution is -2.16. The van der Waals surface area contributed by atoms with Gasteiger partial charge < -0.3 is 9.74 Å². The first kappa shape index (κ1) is 15.1. The van der Waals surface area contributed by atoms with Crippen molar-refractivity contribution >= 4 is 34.1 Å². The molecule has 0 unspecified atom stereocenters. The molecule has 1 aromatic rings. The molecule has 8 heteroatoms. The monoisotopic (exact) mass is 311 g/mol. The van der Waals surface area contributed by atoms with Crippen molar-refractivity contribution in [1.29, 1.82) is 5.26 Å². The molecular weight excluding hydrogens is 300 g/mol. The van der Waals surface area contributed by atoms with Crippen molar-refractivity contribution in [2.24, 2.45) is 5.16 Å². The predicted octanol–water partition coefficient (Wildman–Crippen LogP) is 2.66. The van der Waals surface area contributed by atoms with E-state index in [0.29, 0.717) is 17.8 Å². The third-order valence-corrected chi connectivity index (χ3v) is 3.91. The standard InChI is InChI=1S/C13H11F2N3O2S/c1-18(6-2-5-16)10-4-3-8(21-10)7-9-11(12(14)15)17-20-13(9)19/h3-4,7,12H,2,6H2,1H3. The molecule has 0 atom stereocenters. The number of oxime groups is 1. The highest BCUT2D eigenvalue weighted by molar-refractivity contribution is 7.17. The van der Waals surface area contributed by atoms with Crippen molar-refractivity contribution in [3.63, 3.8) is 0 Å². The minimum atomic E-state index is -2.86. The summed E-state index contributed by atoms with van der Waals surface area (Å²) in [7, 11) is 1.83. The number of rotatable bonds is 5. The van der Waals surface area contributed by atoms with E-state index in [9.17, 15) is 13.6 Å². The van der Waals surface area contributed by atoms with Crippen LogP contribution in [-0.2, 0) is 9.63 Å². The Hall–Kier alpha value is -2.27. The Balaban J connectivity index is 2.18. The van der Waals surface area contributed by atoms with Crippen LogP contribution in [0.25, 0.3) is 6.08 Å². The Morgan fingerprint density at radius 2 is 2.33 bits per heavy atom.